The first kappa shape index (κ1) is 12.1. The molecule has 1 N–H and O–H groups in total. The lowest BCUT2D eigenvalue weighted by molar-refractivity contribution is 0.0702. The van der Waals surface area contributed by atoms with E-state index >= 15 is 0 Å². The maximum atomic E-state index is 10.8. The van der Waals surface area contributed by atoms with Crippen molar-refractivity contribution < 1.29 is 9.90 Å². The molecule has 2 aromatic heterocycles. The first-order valence-corrected chi connectivity index (χ1v) is 6.73. The number of nitrogens with zero attached hydrogens (tertiary/aromatic N) is 2. The number of imidazole rings is 1. The molecule has 0 atom stereocenters. The van der Waals surface area contributed by atoms with E-state index in [1.807, 2.05) is 10.6 Å². The Morgan fingerprint density at radius 3 is 2.88 bits per heavy atom. The number of carboxylic acids is 1. The van der Waals surface area contributed by atoms with Crippen molar-refractivity contribution in [3.8, 4) is 0 Å². The highest BCUT2D eigenvalue weighted by molar-refractivity contribution is 7.18. The summed E-state index contributed by atoms with van der Waals surface area (Å²) in [5.74, 6) is -0.884. The monoisotopic (exact) mass is 252 g/mol. The van der Waals surface area contributed by atoms with Crippen LogP contribution in [0.2, 0.25) is 0 Å². The van der Waals surface area contributed by atoms with Crippen molar-refractivity contribution in [3.05, 3.63) is 23.0 Å². The fourth-order valence-corrected chi connectivity index (χ4v) is 2.62. The molecule has 0 aliphatic heterocycles. The number of aromatic nitrogens is 2. The minimum Gasteiger partial charge on any atom is -0.477 e. The number of rotatable bonds is 6. The molecule has 0 bridgehead atoms. The molecular formula is C12H16N2O2S. The second-order valence-corrected chi connectivity index (χ2v) is 5.14. The summed E-state index contributed by atoms with van der Waals surface area (Å²) >= 11 is 1.22. The van der Waals surface area contributed by atoms with Crippen molar-refractivity contribution in [2.24, 2.45) is 0 Å². The van der Waals surface area contributed by atoms with Crippen LogP contribution in [0.1, 0.15) is 48.0 Å². The molecule has 0 aliphatic rings. The van der Waals surface area contributed by atoms with E-state index < -0.39 is 5.97 Å². The van der Waals surface area contributed by atoms with Crippen LogP contribution in [0.15, 0.2) is 12.4 Å². The van der Waals surface area contributed by atoms with Crippen molar-refractivity contribution in [1.82, 2.24) is 9.38 Å². The lowest BCUT2D eigenvalue weighted by Gasteiger charge is -1.95. The van der Waals surface area contributed by atoms with Crippen molar-refractivity contribution in [2.45, 2.75) is 39.0 Å². The van der Waals surface area contributed by atoms with Crippen LogP contribution in [0.4, 0.5) is 0 Å². The fraction of sp³-hybridized carbons (Fsp3) is 0.500. The molecule has 5 heteroatoms. The predicted octanol–water partition coefficient (Wildman–Crippen LogP) is 3.22. The van der Waals surface area contributed by atoms with Gasteiger partial charge in [0.1, 0.15) is 4.88 Å². The van der Waals surface area contributed by atoms with Crippen molar-refractivity contribution in [3.63, 3.8) is 0 Å². The number of hydrogen-bond donors (Lipinski definition) is 1. The molecule has 0 aromatic carbocycles. The number of aromatic carboxylic acids is 1. The second kappa shape index (κ2) is 5.31. The Bertz CT molecular complexity index is 484. The highest BCUT2D eigenvalue weighted by Gasteiger charge is 2.10. The summed E-state index contributed by atoms with van der Waals surface area (Å²) in [6.45, 7) is 2.19. The zero-order valence-corrected chi connectivity index (χ0v) is 10.7. The highest BCUT2D eigenvalue weighted by Crippen LogP contribution is 2.18. The molecule has 2 aromatic rings. The van der Waals surface area contributed by atoms with Crippen LogP contribution in [-0.4, -0.2) is 20.5 Å². The summed E-state index contributed by atoms with van der Waals surface area (Å²) in [6, 6.07) is 0. The first-order valence-electron chi connectivity index (χ1n) is 5.91. The fourth-order valence-electron chi connectivity index (χ4n) is 1.80. The molecule has 0 fully saturated rings. The van der Waals surface area contributed by atoms with E-state index in [1.54, 1.807) is 6.20 Å². The smallest absolute Gasteiger partial charge is 0.347 e. The third-order valence-electron chi connectivity index (χ3n) is 2.70. The van der Waals surface area contributed by atoms with Gasteiger partial charge in [0.2, 0.25) is 0 Å². The van der Waals surface area contributed by atoms with E-state index in [9.17, 15) is 4.79 Å². The molecule has 2 rings (SSSR count). The van der Waals surface area contributed by atoms with Crippen LogP contribution < -0.4 is 0 Å². The minimum atomic E-state index is -0.884. The zero-order chi connectivity index (χ0) is 12.3. The van der Waals surface area contributed by atoms with Crippen LogP contribution >= 0.6 is 11.3 Å². The average Bonchev–Trinajstić information content (AvgIpc) is 2.81. The van der Waals surface area contributed by atoms with Crippen LogP contribution in [0.3, 0.4) is 0 Å². The summed E-state index contributed by atoms with van der Waals surface area (Å²) < 4.78 is 1.81. The SMILES string of the molecule is CCCCCCc1cn2cc(C(=O)O)sc2n1. The van der Waals surface area contributed by atoms with Crippen molar-refractivity contribution >= 4 is 22.3 Å². The van der Waals surface area contributed by atoms with Gasteiger partial charge >= 0.3 is 5.97 Å². The third-order valence-corrected chi connectivity index (χ3v) is 3.69. The molecule has 17 heavy (non-hydrogen) atoms. The van der Waals surface area contributed by atoms with Crippen LogP contribution in [0.5, 0.6) is 0 Å². The molecule has 0 radical (unpaired) electrons. The normalized spacial score (nSPS) is 11.1. The van der Waals surface area contributed by atoms with Gasteiger partial charge in [-0.1, -0.05) is 37.5 Å². The molecule has 0 saturated heterocycles. The number of hydrogen-bond acceptors (Lipinski definition) is 3. The van der Waals surface area contributed by atoms with Gasteiger partial charge in [0, 0.05) is 12.4 Å². The van der Waals surface area contributed by atoms with Gasteiger partial charge in [-0.05, 0) is 12.8 Å². The van der Waals surface area contributed by atoms with Crippen LogP contribution in [0.25, 0.3) is 4.96 Å². The molecule has 0 amide bonds. The standard InChI is InChI=1S/C12H16N2O2S/c1-2-3-4-5-6-9-7-14-8-10(11(15)16)17-12(14)13-9/h7-8H,2-6H2,1H3,(H,15,16). The molecular weight excluding hydrogens is 236 g/mol. The Morgan fingerprint density at radius 2 is 2.24 bits per heavy atom. The maximum absolute atomic E-state index is 10.8. The molecule has 2 heterocycles. The van der Waals surface area contributed by atoms with Gasteiger partial charge in [-0.2, -0.15) is 0 Å². The predicted molar refractivity (Wildman–Crippen MR) is 67.9 cm³/mol. The number of aryl methyl sites for hydroxylation is 1. The summed E-state index contributed by atoms with van der Waals surface area (Å²) in [6.07, 6.45) is 9.45. The molecule has 0 saturated carbocycles. The van der Waals surface area contributed by atoms with Gasteiger partial charge in [0.25, 0.3) is 0 Å². The topological polar surface area (TPSA) is 54.6 Å². The van der Waals surface area contributed by atoms with E-state index in [0.717, 1.165) is 23.5 Å². The number of carbonyl (C=O) groups is 1. The van der Waals surface area contributed by atoms with E-state index in [1.165, 1.54) is 30.6 Å². The molecule has 92 valence electrons. The van der Waals surface area contributed by atoms with Gasteiger partial charge in [-0.25, -0.2) is 9.78 Å². The van der Waals surface area contributed by atoms with Gasteiger partial charge < -0.3 is 5.11 Å². The van der Waals surface area contributed by atoms with Gasteiger partial charge in [-0.3, -0.25) is 4.40 Å². The van der Waals surface area contributed by atoms with E-state index in [0.29, 0.717) is 4.88 Å². The molecule has 0 aliphatic carbocycles. The van der Waals surface area contributed by atoms with Crippen LogP contribution in [0, 0.1) is 0 Å². The molecule has 0 unspecified atom stereocenters. The number of thiazole rings is 1. The second-order valence-electron chi connectivity index (χ2n) is 4.13. The number of carboxylic acid groups (broad SMARTS) is 1. The molecule has 0 spiro atoms. The lowest BCUT2D eigenvalue weighted by Crippen LogP contribution is -1.91. The summed E-state index contributed by atoms with van der Waals surface area (Å²) in [5.41, 5.74) is 1.06. The Kier molecular flexibility index (Phi) is 3.78. The van der Waals surface area contributed by atoms with E-state index in [2.05, 4.69) is 11.9 Å². The van der Waals surface area contributed by atoms with Crippen molar-refractivity contribution in [2.75, 3.05) is 0 Å². The Labute approximate surface area is 104 Å². The summed E-state index contributed by atoms with van der Waals surface area (Å²) in [7, 11) is 0. The number of fused-ring (bicyclic) bond motifs is 1. The van der Waals surface area contributed by atoms with Gasteiger partial charge in [0.05, 0.1) is 5.69 Å². The van der Waals surface area contributed by atoms with E-state index in [-0.39, 0.29) is 0 Å². The minimum absolute atomic E-state index is 0.338. The van der Waals surface area contributed by atoms with E-state index in [4.69, 9.17) is 5.11 Å². The Hall–Kier alpha value is -1.36. The van der Waals surface area contributed by atoms with Crippen molar-refractivity contribution in [1.29, 1.82) is 0 Å². The highest BCUT2D eigenvalue weighted by atomic mass is 32.1. The van der Waals surface area contributed by atoms with Gasteiger partial charge in [0.15, 0.2) is 4.96 Å². The quantitative estimate of drug-likeness (QED) is 0.803. The molecule has 4 nitrogen and oxygen atoms in total. The Balaban J connectivity index is 2.01. The number of unbranched alkanes of at least 4 members (excludes halogenated alkanes) is 3. The lowest BCUT2D eigenvalue weighted by atomic mass is 10.1. The first-order chi connectivity index (χ1) is 8.20. The average molecular weight is 252 g/mol. The maximum Gasteiger partial charge on any atom is 0.347 e. The third kappa shape index (κ3) is 2.85. The van der Waals surface area contributed by atoms with Crippen LogP contribution in [-0.2, 0) is 6.42 Å². The van der Waals surface area contributed by atoms with Gasteiger partial charge in [-0.15, -0.1) is 0 Å². The summed E-state index contributed by atoms with van der Waals surface area (Å²) in [4.78, 5) is 16.3. The zero-order valence-electron chi connectivity index (χ0n) is 9.85. The summed E-state index contributed by atoms with van der Waals surface area (Å²) in [5, 5.41) is 8.84. The largest absolute Gasteiger partial charge is 0.477 e. The Morgan fingerprint density at radius 1 is 1.41 bits per heavy atom.